The van der Waals surface area contributed by atoms with Gasteiger partial charge in [-0.05, 0) is 31.7 Å². The van der Waals surface area contributed by atoms with Gasteiger partial charge in [-0.25, -0.2) is 15.0 Å². The van der Waals surface area contributed by atoms with E-state index in [-0.39, 0.29) is 0 Å². The summed E-state index contributed by atoms with van der Waals surface area (Å²) in [6.45, 7) is 2.96. The van der Waals surface area contributed by atoms with E-state index in [1.165, 1.54) is 28.7 Å². The van der Waals surface area contributed by atoms with E-state index >= 15 is 0 Å². The Morgan fingerprint density at radius 1 is 1.33 bits per heavy atom. The Morgan fingerprint density at radius 2 is 2.24 bits per heavy atom. The van der Waals surface area contributed by atoms with Crippen molar-refractivity contribution in [3.05, 3.63) is 22.8 Å². The molecule has 0 unspecified atom stereocenters. The molecule has 6 heteroatoms. The maximum Gasteiger partial charge on any atom is 0.199 e. The van der Waals surface area contributed by atoms with Gasteiger partial charge in [0.05, 0.1) is 5.39 Å². The zero-order valence-electron chi connectivity index (χ0n) is 12.2. The summed E-state index contributed by atoms with van der Waals surface area (Å²) in [6.07, 6.45) is 7.29. The van der Waals surface area contributed by atoms with Gasteiger partial charge in [0.25, 0.3) is 0 Å². The first-order valence-corrected chi connectivity index (χ1v) is 8.13. The second kappa shape index (κ2) is 4.80. The van der Waals surface area contributed by atoms with Gasteiger partial charge in [-0.2, -0.15) is 0 Å². The van der Waals surface area contributed by atoms with Gasteiger partial charge < -0.3 is 9.88 Å². The van der Waals surface area contributed by atoms with Crippen LogP contribution in [0.4, 0.5) is 5.82 Å². The predicted octanol–water partition coefficient (Wildman–Crippen LogP) is 3.01. The number of hydrogen-bond acceptors (Lipinski definition) is 5. The van der Waals surface area contributed by atoms with E-state index in [1.54, 1.807) is 6.20 Å². The number of aromatic nitrogens is 4. The van der Waals surface area contributed by atoms with E-state index in [2.05, 4.69) is 17.2 Å². The fraction of sp³-hybridized carbons (Fsp3) is 0.400. The standard InChI is InChI=1S/C15H17N5S/c1-3-16-12-11-9-5-4-6-10(9)21-15(11)19-13(18-12)14-17-7-8-20(14)2/h7-8H,3-6H2,1-2H3,(H,16,18,19). The summed E-state index contributed by atoms with van der Waals surface area (Å²) < 4.78 is 1.96. The van der Waals surface area contributed by atoms with Crippen molar-refractivity contribution in [1.82, 2.24) is 19.5 Å². The van der Waals surface area contributed by atoms with E-state index in [1.807, 2.05) is 29.1 Å². The summed E-state index contributed by atoms with van der Waals surface area (Å²) in [5, 5.41) is 4.64. The number of aryl methyl sites for hydroxylation is 3. The molecule has 0 aromatic carbocycles. The Bertz CT molecular complexity index is 817. The van der Waals surface area contributed by atoms with Crippen molar-refractivity contribution < 1.29 is 0 Å². The smallest absolute Gasteiger partial charge is 0.199 e. The van der Waals surface area contributed by atoms with Gasteiger partial charge in [-0.3, -0.25) is 0 Å². The second-order valence-corrected chi connectivity index (χ2v) is 6.41. The minimum Gasteiger partial charge on any atom is -0.370 e. The molecule has 1 N–H and O–H groups in total. The fourth-order valence-electron chi connectivity index (χ4n) is 2.97. The van der Waals surface area contributed by atoms with E-state index in [4.69, 9.17) is 9.97 Å². The fourth-order valence-corrected chi connectivity index (χ4v) is 4.23. The summed E-state index contributed by atoms with van der Waals surface area (Å²) in [5.41, 5.74) is 1.46. The maximum absolute atomic E-state index is 4.77. The number of nitrogens with zero attached hydrogens (tertiary/aromatic N) is 4. The maximum atomic E-state index is 4.77. The number of fused-ring (bicyclic) bond motifs is 3. The van der Waals surface area contributed by atoms with Crippen LogP contribution in [0.2, 0.25) is 0 Å². The van der Waals surface area contributed by atoms with Gasteiger partial charge in [0.1, 0.15) is 10.6 Å². The van der Waals surface area contributed by atoms with Crippen LogP contribution in [-0.2, 0) is 19.9 Å². The molecule has 5 nitrogen and oxygen atoms in total. The molecule has 0 saturated heterocycles. The van der Waals surface area contributed by atoms with Crippen LogP contribution in [0.5, 0.6) is 0 Å². The molecule has 0 amide bonds. The van der Waals surface area contributed by atoms with Crippen molar-refractivity contribution in [2.24, 2.45) is 7.05 Å². The van der Waals surface area contributed by atoms with Crippen LogP contribution in [-0.4, -0.2) is 26.1 Å². The second-order valence-electron chi connectivity index (χ2n) is 5.33. The minimum atomic E-state index is 0.700. The van der Waals surface area contributed by atoms with Crippen LogP contribution < -0.4 is 5.32 Å². The predicted molar refractivity (Wildman–Crippen MR) is 85.8 cm³/mol. The summed E-state index contributed by atoms with van der Waals surface area (Å²) in [4.78, 5) is 16.5. The Labute approximate surface area is 127 Å². The average Bonchev–Trinajstić information content (AvgIpc) is 3.13. The lowest BCUT2D eigenvalue weighted by molar-refractivity contribution is 0.907. The zero-order chi connectivity index (χ0) is 14.4. The van der Waals surface area contributed by atoms with E-state index in [0.29, 0.717) is 5.82 Å². The molecule has 3 aromatic rings. The van der Waals surface area contributed by atoms with Gasteiger partial charge in [-0.15, -0.1) is 11.3 Å². The summed E-state index contributed by atoms with van der Waals surface area (Å²) in [5.74, 6) is 2.47. The van der Waals surface area contributed by atoms with Gasteiger partial charge in [0.15, 0.2) is 11.6 Å². The van der Waals surface area contributed by atoms with Gasteiger partial charge in [0, 0.05) is 30.9 Å². The lowest BCUT2D eigenvalue weighted by atomic mass is 10.2. The third kappa shape index (κ3) is 1.93. The van der Waals surface area contributed by atoms with Crippen LogP contribution in [0, 0.1) is 0 Å². The highest BCUT2D eigenvalue weighted by Gasteiger charge is 2.23. The zero-order valence-corrected chi connectivity index (χ0v) is 13.0. The average molecular weight is 299 g/mol. The molecule has 0 fully saturated rings. The molecule has 21 heavy (non-hydrogen) atoms. The molecule has 0 spiro atoms. The molecule has 108 valence electrons. The summed E-state index contributed by atoms with van der Waals surface area (Å²) in [7, 11) is 1.97. The molecule has 0 radical (unpaired) electrons. The van der Waals surface area contributed by atoms with Crippen LogP contribution >= 0.6 is 11.3 Å². The number of rotatable bonds is 3. The van der Waals surface area contributed by atoms with Crippen molar-refractivity contribution in [3.8, 4) is 11.6 Å². The molecule has 0 saturated carbocycles. The lowest BCUT2D eigenvalue weighted by Crippen LogP contribution is -2.04. The van der Waals surface area contributed by atoms with Crippen LogP contribution in [0.15, 0.2) is 12.4 Å². The Morgan fingerprint density at radius 3 is 3.00 bits per heavy atom. The van der Waals surface area contributed by atoms with Crippen molar-refractivity contribution >= 4 is 27.4 Å². The SMILES string of the molecule is CCNc1nc(-c2nccn2C)nc2sc3c(c12)CCC3. The van der Waals surface area contributed by atoms with E-state index in [0.717, 1.165) is 29.4 Å². The molecule has 0 atom stereocenters. The monoisotopic (exact) mass is 299 g/mol. The summed E-state index contributed by atoms with van der Waals surface area (Å²) >= 11 is 1.82. The van der Waals surface area contributed by atoms with Gasteiger partial charge in [-0.1, -0.05) is 0 Å². The molecule has 3 aromatic heterocycles. The molecule has 1 aliphatic rings. The molecule has 0 aliphatic heterocycles. The Kier molecular flexibility index (Phi) is 2.92. The highest BCUT2D eigenvalue weighted by Crippen LogP contribution is 2.40. The Balaban J connectivity index is 1.97. The topological polar surface area (TPSA) is 55.6 Å². The van der Waals surface area contributed by atoms with E-state index in [9.17, 15) is 0 Å². The van der Waals surface area contributed by atoms with Crippen LogP contribution in [0.1, 0.15) is 23.8 Å². The highest BCUT2D eigenvalue weighted by molar-refractivity contribution is 7.19. The minimum absolute atomic E-state index is 0.700. The van der Waals surface area contributed by atoms with Crippen molar-refractivity contribution in [3.63, 3.8) is 0 Å². The third-order valence-corrected chi connectivity index (χ3v) is 5.12. The number of hydrogen-bond donors (Lipinski definition) is 1. The first-order chi connectivity index (χ1) is 10.3. The molecule has 3 heterocycles. The molecular weight excluding hydrogens is 282 g/mol. The van der Waals surface area contributed by atoms with Crippen molar-refractivity contribution in [2.45, 2.75) is 26.2 Å². The first-order valence-electron chi connectivity index (χ1n) is 7.31. The largest absolute Gasteiger partial charge is 0.370 e. The van der Waals surface area contributed by atoms with Crippen LogP contribution in [0.3, 0.4) is 0 Å². The van der Waals surface area contributed by atoms with Crippen molar-refractivity contribution in [1.29, 1.82) is 0 Å². The lowest BCUT2D eigenvalue weighted by Gasteiger charge is -2.08. The number of thiophene rings is 1. The Hall–Kier alpha value is -1.95. The molecular formula is C15H17N5S. The summed E-state index contributed by atoms with van der Waals surface area (Å²) in [6, 6.07) is 0. The molecule has 4 rings (SSSR count). The first kappa shape index (κ1) is 12.8. The number of anilines is 1. The number of imidazole rings is 1. The highest BCUT2D eigenvalue weighted by atomic mass is 32.1. The molecule has 1 aliphatic carbocycles. The third-order valence-electron chi connectivity index (χ3n) is 3.93. The van der Waals surface area contributed by atoms with Gasteiger partial charge in [0.2, 0.25) is 0 Å². The van der Waals surface area contributed by atoms with Crippen molar-refractivity contribution in [2.75, 3.05) is 11.9 Å². The van der Waals surface area contributed by atoms with Gasteiger partial charge >= 0.3 is 0 Å². The quantitative estimate of drug-likeness (QED) is 0.807. The van der Waals surface area contributed by atoms with Crippen LogP contribution in [0.25, 0.3) is 21.9 Å². The molecule has 0 bridgehead atoms. The normalized spacial score (nSPS) is 13.8. The number of nitrogens with one attached hydrogen (secondary N) is 1. The van der Waals surface area contributed by atoms with E-state index < -0.39 is 0 Å².